The van der Waals surface area contributed by atoms with E-state index in [0.29, 0.717) is 19.7 Å². The number of nitrogens with one attached hydrogen (secondary N) is 2. The second-order valence-corrected chi connectivity index (χ2v) is 6.73. The molecule has 1 aliphatic rings. The Bertz CT molecular complexity index is 761. The average Bonchev–Trinajstić information content (AvgIpc) is 2.71. The van der Waals surface area contributed by atoms with Crippen LogP contribution in [0.2, 0.25) is 0 Å². The number of benzene rings is 2. The van der Waals surface area contributed by atoms with E-state index in [9.17, 15) is 4.79 Å². The fourth-order valence-corrected chi connectivity index (χ4v) is 3.42. The lowest BCUT2D eigenvalue weighted by molar-refractivity contribution is 0.236. The number of fused-ring (bicyclic) bond motifs is 1. The van der Waals surface area contributed by atoms with Gasteiger partial charge in [0.05, 0.1) is 13.7 Å². The Kier molecular flexibility index (Phi) is 6.97. The fraction of sp³-hybridized carbons (Fsp3) is 0.409. The summed E-state index contributed by atoms with van der Waals surface area (Å²) < 4.78 is 11.1. The van der Waals surface area contributed by atoms with Crippen molar-refractivity contribution in [2.45, 2.75) is 32.1 Å². The predicted octanol–water partition coefficient (Wildman–Crippen LogP) is 3.49. The second-order valence-electron chi connectivity index (χ2n) is 6.73. The van der Waals surface area contributed by atoms with Crippen molar-refractivity contribution in [1.29, 1.82) is 0 Å². The van der Waals surface area contributed by atoms with E-state index >= 15 is 0 Å². The molecule has 0 bridgehead atoms. The summed E-state index contributed by atoms with van der Waals surface area (Å²) in [5, 5.41) is 5.71. The molecule has 144 valence electrons. The molecule has 0 fully saturated rings. The molecule has 0 saturated heterocycles. The zero-order valence-electron chi connectivity index (χ0n) is 15.9. The van der Waals surface area contributed by atoms with Gasteiger partial charge in [-0.05, 0) is 67.0 Å². The molecular weight excluding hydrogens is 340 g/mol. The lowest BCUT2D eigenvalue weighted by atomic mass is 9.91. The van der Waals surface area contributed by atoms with Gasteiger partial charge in [-0.2, -0.15) is 0 Å². The number of urea groups is 1. The van der Waals surface area contributed by atoms with Crippen LogP contribution in [-0.4, -0.2) is 32.8 Å². The molecular formula is C22H28N2O3. The molecule has 0 spiro atoms. The van der Waals surface area contributed by atoms with E-state index in [4.69, 9.17) is 9.47 Å². The van der Waals surface area contributed by atoms with E-state index in [1.807, 2.05) is 30.3 Å². The van der Waals surface area contributed by atoms with Crippen molar-refractivity contribution in [3.05, 3.63) is 59.2 Å². The maximum atomic E-state index is 11.9. The summed E-state index contributed by atoms with van der Waals surface area (Å²) in [5.74, 6) is 1.80. The number of hydrogen-bond acceptors (Lipinski definition) is 3. The zero-order chi connectivity index (χ0) is 18.9. The van der Waals surface area contributed by atoms with Crippen molar-refractivity contribution in [2.24, 2.45) is 0 Å². The van der Waals surface area contributed by atoms with Crippen molar-refractivity contribution >= 4 is 6.03 Å². The van der Waals surface area contributed by atoms with E-state index in [-0.39, 0.29) is 6.03 Å². The molecule has 5 heteroatoms. The summed E-state index contributed by atoms with van der Waals surface area (Å²) in [5.41, 5.74) is 3.88. The Hall–Kier alpha value is -2.69. The third kappa shape index (κ3) is 5.64. The van der Waals surface area contributed by atoms with E-state index in [2.05, 4.69) is 22.8 Å². The molecule has 0 aromatic heterocycles. The highest BCUT2D eigenvalue weighted by molar-refractivity contribution is 5.73. The van der Waals surface area contributed by atoms with Crippen LogP contribution in [0.25, 0.3) is 0 Å². The highest BCUT2D eigenvalue weighted by atomic mass is 16.5. The van der Waals surface area contributed by atoms with Gasteiger partial charge in [0.15, 0.2) is 0 Å². The van der Waals surface area contributed by atoms with Gasteiger partial charge in [0.2, 0.25) is 0 Å². The number of methoxy groups -OCH3 is 1. The molecule has 0 unspecified atom stereocenters. The zero-order valence-corrected chi connectivity index (χ0v) is 15.9. The van der Waals surface area contributed by atoms with Crippen LogP contribution in [0.1, 0.15) is 29.5 Å². The average molecular weight is 368 g/mol. The van der Waals surface area contributed by atoms with Crippen LogP contribution < -0.4 is 20.1 Å². The first-order chi connectivity index (χ1) is 13.3. The Balaban J connectivity index is 1.34. The smallest absolute Gasteiger partial charge is 0.314 e. The molecule has 0 aliphatic heterocycles. The van der Waals surface area contributed by atoms with Gasteiger partial charge in [0, 0.05) is 6.54 Å². The summed E-state index contributed by atoms with van der Waals surface area (Å²) >= 11 is 0. The quantitative estimate of drug-likeness (QED) is 0.701. The summed E-state index contributed by atoms with van der Waals surface area (Å²) in [6.07, 6.45) is 5.47. The molecule has 27 heavy (non-hydrogen) atoms. The molecule has 0 atom stereocenters. The van der Waals surface area contributed by atoms with Crippen molar-refractivity contribution in [2.75, 3.05) is 26.8 Å². The van der Waals surface area contributed by atoms with Crippen LogP contribution >= 0.6 is 0 Å². The molecule has 5 nitrogen and oxygen atoms in total. The number of rotatable bonds is 8. The Labute approximate surface area is 161 Å². The van der Waals surface area contributed by atoms with Crippen molar-refractivity contribution in [1.82, 2.24) is 10.6 Å². The summed E-state index contributed by atoms with van der Waals surface area (Å²) in [4.78, 5) is 11.9. The van der Waals surface area contributed by atoms with Gasteiger partial charge < -0.3 is 20.1 Å². The first-order valence-electron chi connectivity index (χ1n) is 9.64. The van der Waals surface area contributed by atoms with Crippen LogP contribution in [0, 0.1) is 0 Å². The lowest BCUT2D eigenvalue weighted by Gasteiger charge is -2.19. The lowest BCUT2D eigenvalue weighted by Crippen LogP contribution is -2.38. The number of aryl methyl sites for hydroxylation is 1. The number of carbonyl (C=O) groups excluding carboxylic acids is 1. The first kappa shape index (κ1) is 19.1. The highest BCUT2D eigenvalue weighted by Gasteiger charge is 2.13. The van der Waals surface area contributed by atoms with Gasteiger partial charge in [-0.3, -0.25) is 0 Å². The third-order valence-electron chi connectivity index (χ3n) is 4.83. The van der Waals surface area contributed by atoms with Gasteiger partial charge in [-0.15, -0.1) is 0 Å². The van der Waals surface area contributed by atoms with E-state index < -0.39 is 0 Å². The first-order valence-corrected chi connectivity index (χ1v) is 9.64. The van der Waals surface area contributed by atoms with Crippen LogP contribution in [0.3, 0.4) is 0 Å². The summed E-state index contributed by atoms with van der Waals surface area (Å²) in [6.45, 7) is 1.53. The summed E-state index contributed by atoms with van der Waals surface area (Å²) in [6, 6.07) is 14.0. The van der Waals surface area contributed by atoms with Crippen LogP contribution in [0.4, 0.5) is 4.79 Å². The number of hydrogen-bond donors (Lipinski definition) is 2. The maximum Gasteiger partial charge on any atom is 0.314 e. The maximum absolute atomic E-state index is 11.9. The van der Waals surface area contributed by atoms with Gasteiger partial charge in [-0.1, -0.05) is 24.3 Å². The fourth-order valence-electron chi connectivity index (χ4n) is 3.42. The number of amides is 2. The topological polar surface area (TPSA) is 59.6 Å². The van der Waals surface area contributed by atoms with Crippen molar-refractivity contribution in [3.63, 3.8) is 0 Å². The molecule has 2 aromatic rings. The number of carbonyl (C=O) groups is 1. The van der Waals surface area contributed by atoms with Crippen LogP contribution in [-0.2, 0) is 19.3 Å². The van der Waals surface area contributed by atoms with E-state index in [1.165, 1.54) is 24.0 Å². The molecule has 2 aromatic carbocycles. The van der Waals surface area contributed by atoms with Gasteiger partial charge in [0.25, 0.3) is 0 Å². The monoisotopic (exact) mass is 368 g/mol. The molecule has 3 rings (SSSR count). The Morgan fingerprint density at radius 1 is 1.04 bits per heavy atom. The minimum absolute atomic E-state index is 0.170. The molecule has 0 heterocycles. The van der Waals surface area contributed by atoms with Gasteiger partial charge in [0.1, 0.15) is 18.1 Å². The van der Waals surface area contributed by atoms with Crippen molar-refractivity contribution in [3.8, 4) is 11.5 Å². The van der Waals surface area contributed by atoms with Gasteiger partial charge >= 0.3 is 6.03 Å². The number of ether oxygens (including phenoxy) is 2. The molecule has 2 amide bonds. The van der Waals surface area contributed by atoms with Gasteiger partial charge in [-0.25, -0.2) is 4.79 Å². The minimum atomic E-state index is -0.170. The Morgan fingerprint density at radius 3 is 2.74 bits per heavy atom. The van der Waals surface area contributed by atoms with E-state index in [1.54, 1.807) is 7.11 Å². The normalized spacial score (nSPS) is 12.8. The highest BCUT2D eigenvalue weighted by Crippen LogP contribution is 2.29. The van der Waals surface area contributed by atoms with E-state index in [0.717, 1.165) is 36.3 Å². The predicted molar refractivity (Wildman–Crippen MR) is 107 cm³/mol. The van der Waals surface area contributed by atoms with Crippen molar-refractivity contribution < 1.29 is 14.3 Å². The second kappa shape index (κ2) is 9.86. The molecule has 0 radical (unpaired) electrons. The molecule has 2 N–H and O–H groups in total. The summed E-state index contributed by atoms with van der Waals surface area (Å²) in [7, 11) is 1.65. The SMILES string of the molecule is COc1cccc(CCNC(=O)NCCOc2cccc3c2CCCC3)c1. The van der Waals surface area contributed by atoms with Crippen LogP contribution in [0.15, 0.2) is 42.5 Å². The standard InChI is InChI=1S/C22H28N2O3/c1-26-19-9-4-6-17(16-19)12-13-23-22(25)24-14-15-27-21-11-5-8-18-7-2-3-10-20(18)21/h4-6,8-9,11,16H,2-3,7,10,12-15H2,1H3,(H2,23,24,25). The Morgan fingerprint density at radius 2 is 1.85 bits per heavy atom. The largest absolute Gasteiger partial charge is 0.497 e. The molecule has 0 saturated carbocycles. The van der Waals surface area contributed by atoms with Crippen LogP contribution in [0.5, 0.6) is 11.5 Å². The molecule has 1 aliphatic carbocycles. The third-order valence-corrected chi connectivity index (χ3v) is 4.83. The minimum Gasteiger partial charge on any atom is -0.497 e.